The zero-order valence-corrected chi connectivity index (χ0v) is 9.59. The molecule has 1 saturated heterocycles. The standard InChI is InChI=1S/C13H21NO/c1-13(5-6-13)12(15)7-11-10-4-2-3-9(10)8-14-11/h9-11,14H,2-8H2,1H3. The van der Waals surface area contributed by atoms with Crippen LogP contribution >= 0.6 is 0 Å². The summed E-state index contributed by atoms with van der Waals surface area (Å²) in [4.78, 5) is 12.0. The first kappa shape index (κ1) is 9.83. The quantitative estimate of drug-likeness (QED) is 0.768. The maximum atomic E-state index is 12.0. The summed E-state index contributed by atoms with van der Waals surface area (Å²) in [5.74, 6) is 2.22. The minimum Gasteiger partial charge on any atom is -0.313 e. The second-order valence-corrected chi connectivity index (χ2v) is 6.06. The van der Waals surface area contributed by atoms with Gasteiger partial charge in [-0.3, -0.25) is 4.79 Å². The lowest BCUT2D eigenvalue weighted by Gasteiger charge is -2.19. The molecule has 0 radical (unpaired) electrons. The van der Waals surface area contributed by atoms with E-state index in [1.165, 1.54) is 25.8 Å². The predicted molar refractivity (Wildman–Crippen MR) is 59.6 cm³/mol. The first-order valence-corrected chi connectivity index (χ1v) is 6.46. The highest BCUT2D eigenvalue weighted by molar-refractivity contribution is 5.87. The van der Waals surface area contributed by atoms with Crippen LogP contribution in [0.1, 0.15) is 45.4 Å². The van der Waals surface area contributed by atoms with Crippen LogP contribution in [0.5, 0.6) is 0 Å². The molecule has 1 N–H and O–H groups in total. The van der Waals surface area contributed by atoms with E-state index in [-0.39, 0.29) is 5.41 Å². The van der Waals surface area contributed by atoms with E-state index in [4.69, 9.17) is 0 Å². The second-order valence-electron chi connectivity index (χ2n) is 6.06. The summed E-state index contributed by atoms with van der Waals surface area (Å²) in [6, 6.07) is 0.516. The Bertz CT molecular complexity index is 282. The van der Waals surface area contributed by atoms with Gasteiger partial charge in [0.05, 0.1) is 0 Å². The van der Waals surface area contributed by atoms with Gasteiger partial charge in [-0.05, 0) is 44.1 Å². The molecule has 0 spiro atoms. The van der Waals surface area contributed by atoms with Crippen LogP contribution in [0.25, 0.3) is 0 Å². The molecule has 2 saturated carbocycles. The predicted octanol–water partition coefficient (Wildman–Crippen LogP) is 2.13. The van der Waals surface area contributed by atoms with Crippen molar-refractivity contribution in [2.45, 2.75) is 51.5 Å². The molecule has 15 heavy (non-hydrogen) atoms. The molecule has 3 rings (SSSR count). The van der Waals surface area contributed by atoms with E-state index in [1.807, 2.05) is 0 Å². The molecule has 3 fully saturated rings. The minimum absolute atomic E-state index is 0.0817. The fourth-order valence-electron chi connectivity index (χ4n) is 3.44. The van der Waals surface area contributed by atoms with Gasteiger partial charge in [-0.2, -0.15) is 0 Å². The molecule has 0 bridgehead atoms. The first-order chi connectivity index (χ1) is 7.19. The first-order valence-electron chi connectivity index (χ1n) is 6.46. The van der Waals surface area contributed by atoms with Gasteiger partial charge in [-0.15, -0.1) is 0 Å². The molecular formula is C13H21NO. The van der Waals surface area contributed by atoms with E-state index in [1.54, 1.807) is 0 Å². The highest BCUT2D eigenvalue weighted by atomic mass is 16.1. The Morgan fingerprint density at radius 2 is 2.20 bits per heavy atom. The van der Waals surface area contributed by atoms with Gasteiger partial charge in [0.2, 0.25) is 0 Å². The van der Waals surface area contributed by atoms with E-state index in [0.29, 0.717) is 11.8 Å². The molecule has 3 atom stereocenters. The highest BCUT2D eigenvalue weighted by Crippen LogP contribution is 2.48. The van der Waals surface area contributed by atoms with Crippen LogP contribution in [0.15, 0.2) is 0 Å². The van der Waals surface area contributed by atoms with Gasteiger partial charge in [-0.1, -0.05) is 13.3 Å². The fourth-order valence-corrected chi connectivity index (χ4v) is 3.44. The molecular weight excluding hydrogens is 186 g/mol. The van der Waals surface area contributed by atoms with Gasteiger partial charge in [0, 0.05) is 17.9 Å². The highest BCUT2D eigenvalue weighted by Gasteiger charge is 2.47. The summed E-state index contributed by atoms with van der Waals surface area (Å²) in [6.45, 7) is 3.30. The molecule has 0 aromatic carbocycles. The zero-order chi connectivity index (χ0) is 10.5. The summed E-state index contributed by atoms with van der Waals surface area (Å²) >= 11 is 0. The Kier molecular flexibility index (Phi) is 2.17. The molecule has 84 valence electrons. The summed E-state index contributed by atoms with van der Waals surface area (Å²) < 4.78 is 0. The van der Waals surface area contributed by atoms with Crippen molar-refractivity contribution in [2.75, 3.05) is 6.54 Å². The van der Waals surface area contributed by atoms with Crippen LogP contribution in [-0.2, 0) is 4.79 Å². The van der Waals surface area contributed by atoms with E-state index in [0.717, 1.165) is 31.1 Å². The normalized spacial score (nSPS) is 41.5. The molecule has 3 unspecified atom stereocenters. The Morgan fingerprint density at radius 3 is 2.93 bits per heavy atom. The second kappa shape index (κ2) is 3.31. The molecule has 2 aliphatic carbocycles. The van der Waals surface area contributed by atoms with Gasteiger partial charge in [0.1, 0.15) is 5.78 Å². The van der Waals surface area contributed by atoms with Crippen LogP contribution in [0, 0.1) is 17.3 Å². The average Bonchev–Trinajstić information content (AvgIpc) is 2.67. The topological polar surface area (TPSA) is 29.1 Å². The maximum Gasteiger partial charge on any atom is 0.140 e. The van der Waals surface area contributed by atoms with Crippen LogP contribution in [0.4, 0.5) is 0 Å². The van der Waals surface area contributed by atoms with E-state index >= 15 is 0 Å². The maximum absolute atomic E-state index is 12.0. The third kappa shape index (κ3) is 1.63. The van der Waals surface area contributed by atoms with Gasteiger partial charge in [-0.25, -0.2) is 0 Å². The van der Waals surface area contributed by atoms with Crippen molar-refractivity contribution in [1.29, 1.82) is 0 Å². The van der Waals surface area contributed by atoms with Gasteiger partial charge in [0.15, 0.2) is 0 Å². The van der Waals surface area contributed by atoms with Gasteiger partial charge in [0.25, 0.3) is 0 Å². The van der Waals surface area contributed by atoms with E-state index in [2.05, 4.69) is 12.2 Å². The van der Waals surface area contributed by atoms with Crippen LogP contribution < -0.4 is 5.32 Å². The molecule has 0 aromatic rings. The van der Waals surface area contributed by atoms with Crippen molar-refractivity contribution < 1.29 is 4.79 Å². The monoisotopic (exact) mass is 207 g/mol. The van der Waals surface area contributed by atoms with Crippen molar-refractivity contribution >= 4 is 5.78 Å². The number of fused-ring (bicyclic) bond motifs is 1. The average molecular weight is 207 g/mol. The number of rotatable bonds is 3. The van der Waals surface area contributed by atoms with Crippen molar-refractivity contribution in [3.8, 4) is 0 Å². The number of nitrogens with one attached hydrogen (secondary N) is 1. The Labute approximate surface area is 91.8 Å². The van der Waals surface area contributed by atoms with E-state index in [9.17, 15) is 4.79 Å². The summed E-state index contributed by atoms with van der Waals surface area (Å²) in [5.41, 5.74) is 0.0817. The summed E-state index contributed by atoms with van der Waals surface area (Å²) in [6.07, 6.45) is 7.20. The van der Waals surface area contributed by atoms with Crippen molar-refractivity contribution in [3.05, 3.63) is 0 Å². The Hall–Kier alpha value is -0.370. The lowest BCUT2D eigenvalue weighted by atomic mass is 9.88. The van der Waals surface area contributed by atoms with Crippen molar-refractivity contribution in [3.63, 3.8) is 0 Å². The SMILES string of the molecule is CC1(C(=O)CC2NCC3CCCC32)CC1. The zero-order valence-electron chi connectivity index (χ0n) is 9.59. The summed E-state index contributed by atoms with van der Waals surface area (Å²) in [7, 11) is 0. The number of hydrogen-bond acceptors (Lipinski definition) is 2. The fraction of sp³-hybridized carbons (Fsp3) is 0.923. The third-order valence-electron chi connectivity index (χ3n) is 4.96. The number of ketones is 1. The van der Waals surface area contributed by atoms with Crippen molar-refractivity contribution in [2.24, 2.45) is 17.3 Å². The number of carbonyl (C=O) groups excluding carboxylic acids is 1. The molecule has 1 heterocycles. The third-order valence-corrected chi connectivity index (χ3v) is 4.96. The summed E-state index contributed by atoms with van der Waals surface area (Å²) in [5, 5.41) is 3.57. The lowest BCUT2D eigenvalue weighted by Crippen LogP contribution is -2.31. The molecule has 2 heteroatoms. The molecule has 0 amide bonds. The Balaban J connectivity index is 1.61. The molecule has 1 aliphatic heterocycles. The lowest BCUT2D eigenvalue weighted by molar-refractivity contribution is -0.124. The minimum atomic E-state index is 0.0817. The smallest absolute Gasteiger partial charge is 0.140 e. The van der Waals surface area contributed by atoms with Gasteiger partial charge >= 0.3 is 0 Å². The van der Waals surface area contributed by atoms with Crippen LogP contribution in [-0.4, -0.2) is 18.4 Å². The number of Topliss-reactive ketones (excluding diaryl/α,β-unsaturated/α-hetero) is 1. The van der Waals surface area contributed by atoms with Crippen LogP contribution in [0.3, 0.4) is 0 Å². The van der Waals surface area contributed by atoms with Gasteiger partial charge < -0.3 is 5.32 Å². The number of carbonyl (C=O) groups is 1. The van der Waals surface area contributed by atoms with Crippen LogP contribution in [0.2, 0.25) is 0 Å². The number of hydrogen-bond donors (Lipinski definition) is 1. The Morgan fingerprint density at radius 1 is 1.40 bits per heavy atom. The van der Waals surface area contributed by atoms with Crippen molar-refractivity contribution in [1.82, 2.24) is 5.32 Å². The van der Waals surface area contributed by atoms with E-state index < -0.39 is 0 Å². The largest absolute Gasteiger partial charge is 0.313 e. The molecule has 2 nitrogen and oxygen atoms in total. The molecule has 0 aromatic heterocycles. The molecule has 3 aliphatic rings.